The third-order valence-corrected chi connectivity index (χ3v) is 4.96. The van der Waals surface area contributed by atoms with Gasteiger partial charge in [0, 0.05) is 23.9 Å². The Morgan fingerprint density at radius 1 is 1.45 bits per heavy atom. The number of hydrogen-bond acceptors (Lipinski definition) is 6. The van der Waals surface area contributed by atoms with E-state index in [2.05, 4.69) is 27.6 Å². The number of rotatable bonds is 5. The summed E-state index contributed by atoms with van der Waals surface area (Å²) in [6, 6.07) is 6.71. The van der Waals surface area contributed by atoms with Crippen LogP contribution in [0.2, 0.25) is 0 Å². The average molecular weight is 319 g/mol. The van der Waals surface area contributed by atoms with Crippen LogP contribution < -0.4 is 10.1 Å². The molecule has 1 N–H and O–H groups in total. The van der Waals surface area contributed by atoms with Gasteiger partial charge >= 0.3 is 0 Å². The van der Waals surface area contributed by atoms with E-state index in [1.54, 1.807) is 7.11 Å². The molecule has 0 fully saturated rings. The Hall–Kier alpha value is -1.53. The summed E-state index contributed by atoms with van der Waals surface area (Å²) in [6.45, 7) is 2.67. The van der Waals surface area contributed by atoms with Crippen molar-refractivity contribution in [3.63, 3.8) is 0 Å². The van der Waals surface area contributed by atoms with Crippen molar-refractivity contribution in [3.05, 3.63) is 35.5 Å². The molecule has 3 rings (SSSR count). The Morgan fingerprint density at radius 2 is 2.36 bits per heavy atom. The molecular formula is C16H21N3O2S. The number of aromatic nitrogens is 2. The van der Waals surface area contributed by atoms with Gasteiger partial charge in [-0.3, -0.25) is 0 Å². The van der Waals surface area contributed by atoms with Crippen LogP contribution in [0.3, 0.4) is 0 Å². The second-order valence-corrected chi connectivity index (χ2v) is 6.52. The molecule has 1 aromatic carbocycles. The molecule has 0 saturated carbocycles. The first-order chi connectivity index (χ1) is 10.8. The summed E-state index contributed by atoms with van der Waals surface area (Å²) in [5.41, 5.74) is 1.34. The average Bonchev–Trinajstić information content (AvgIpc) is 2.84. The summed E-state index contributed by atoms with van der Waals surface area (Å²) in [6.07, 6.45) is 3.10. The minimum Gasteiger partial charge on any atom is -0.497 e. The molecule has 0 bridgehead atoms. The molecule has 5 nitrogen and oxygen atoms in total. The predicted molar refractivity (Wildman–Crippen MR) is 86.4 cm³/mol. The third-order valence-electron chi connectivity index (χ3n) is 3.79. The molecule has 1 aromatic heterocycles. The van der Waals surface area contributed by atoms with Crippen molar-refractivity contribution in [1.29, 1.82) is 0 Å². The first kappa shape index (κ1) is 15.4. The van der Waals surface area contributed by atoms with Crippen molar-refractivity contribution >= 4 is 11.8 Å². The number of ether oxygens (including phenoxy) is 1. The summed E-state index contributed by atoms with van der Waals surface area (Å²) < 4.78 is 10.5. The fourth-order valence-corrected chi connectivity index (χ4v) is 3.75. The zero-order valence-electron chi connectivity index (χ0n) is 13.0. The number of methoxy groups -OCH3 is 1. The van der Waals surface area contributed by atoms with Gasteiger partial charge in [-0.2, -0.15) is 4.98 Å². The highest BCUT2D eigenvalue weighted by molar-refractivity contribution is 7.99. The van der Waals surface area contributed by atoms with Crippen LogP contribution in [0, 0.1) is 6.92 Å². The van der Waals surface area contributed by atoms with Gasteiger partial charge in [-0.25, -0.2) is 0 Å². The second-order valence-electron chi connectivity index (χ2n) is 5.39. The van der Waals surface area contributed by atoms with E-state index >= 15 is 0 Å². The minimum absolute atomic E-state index is 0.351. The maximum absolute atomic E-state index is 5.38. The molecule has 22 heavy (non-hydrogen) atoms. The fourth-order valence-electron chi connectivity index (χ4n) is 2.69. The van der Waals surface area contributed by atoms with Crippen LogP contribution in [0.4, 0.5) is 0 Å². The molecule has 0 saturated heterocycles. The molecule has 0 aliphatic carbocycles. The van der Waals surface area contributed by atoms with E-state index in [4.69, 9.17) is 9.26 Å². The van der Waals surface area contributed by atoms with Crippen molar-refractivity contribution in [3.8, 4) is 5.75 Å². The Balaban J connectivity index is 1.68. The largest absolute Gasteiger partial charge is 0.497 e. The van der Waals surface area contributed by atoms with Gasteiger partial charge in [-0.1, -0.05) is 5.16 Å². The molecule has 0 amide bonds. The topological polar surface area (TPSA) is 60.2 Å². The molecule has 1 atom stereocenters. The van der Waals surface area contributed by atoms with Crippen molar-refractivity contribution < 1.29 is 9.26 Å². The van der Waals surface area contributed by atoms with Gasteiger partial charge in [0.05, 0.1) is 7.11 Å². The maximum atomic E-state index is 5.38. The van der Waals surface area contributed by atoms with E-state index in [9.17, 15) is 0 Å². The van der Waals surface area contributed by atoms with Crippen molar-refractivity contribution in [2.24, 2.45) is 0 Å². The van der Waals surface area contributed by atoms with Crippen LogP contribution in [0.15, 0.2) is 27.6 Å². The van der Waals surface area contributed by atoms with Crippen LogP contribution >= 0.6 is 11.8 Å². The SMILES string of the molecule is COc1ccc2c(c1)C(NCCc1nc(C)no1)CCCS2. The van der Waals surface area contributed by atoms with Gasteiger partial charge in [0.15, 0.2) is 5.82 Å². The number of benzene rings is 1. The zero-order valence-corrected chi connectivity index (χ0v) is 13.8. The van der Waals surface area contributed by atoms with E-state index in [0.717, 1.165) is 25.1 Å². The molecular weight excluding hydrogens is 298 g/mol. The first-order valence-electron chi connectivity index (χ1n) is 7.59. The van der Waals surface area contributed by atoms with Gasteiger partial charge in [0.25, 0.3) is 0 Å². The lowest BCUT2D eigenvalue weighted by molar-refractivity contribution is 0.367. The number of fused-ring (bicyclic) bond motifs is 1. The summed E-state index contributed by atoms with van der Waals surface area (Å²) in [4.78, 5) is 5.59. The molecule has 0 radical (unpaired) electrons. The predicted octanol–water partition coefficient (Wildman–Crippen LogP) is 3.15. The summed E-state index contributed by atoms with van der Waals surface area (Å²) in [5.74, 6) is 3.47. The molecule has 6 heteroatoms. The van der Waals surface area contributed by atoms with E-state index in [1.807, 2.05) is 24.8 Å². The molecule has 2 heterocycles. The summed E-state index contributed by atoms with van der Waals surface area (Å²) in [5, 5.41) is 7.45. The van der Waals surface area contributed by atoms with Gasteiger partial charge in [-0.05, 0) is 49.3 Å². The highest BCUT2D eigenvalue weighted by Gasteiger charge is 2.19. The first-order valence-corrected chi connectivity index (χ1v) is 8.58. The smallest absolute Gasteiger partial charge is 0.227 e. The molecule has 1 unspecified atom stereocenters. The second kappa shape index (κ2) is 7.15. The van der Waals surface area contributed by atoms with Crippen molar-refractivity contribution in [2.75, 3.05) is 19.4 Å². The lowest BCUT2D eigenvalue weighted by atomic mass is 10.0. The number of thioether (sulfide) groups is 1. The number of nitrogens with one attached hydrogen (secondary N) is 1. The third kappa shape index (κ3) is 3.62. The van der Waals surface area contributed by atoms with Crippen LogP contribution in [-0.4, -0.2) is 29.5 Å². The van der Waals surface area contributed by atoms with Crippen LogP contribution in [0.1, 0.15) is 36.2 Å². The Morgan fingerprint density at radius 3 is 3.14 bits per heavy atom. The molecule has 2 aromatic rings. The van der Waals surface area contributed by atoms with E-state index in [0.29, 0.717) is 17.8 Å². The molecule has 0 spiro atoms. The van der Waals surface area contributed by atoms with Gasteiger partial charge in [0.1, 0.15) is 5.75 Å². The molecule has 1 aliphatic rings. The summed E-state index contributed by atoms with van der Waals surface area (Å²) in [7, 11) is 1.71. The monoisotopic (exact) mass is 319 g/mol. The Bertz CT molecular complexity index is 630. The van der Waals surface area contributed by atoms with E-state index in [-0.39, 0.29) is 0 Å². The van der Waals surface area contributed by atoms with Gasteiger partial charge < -0.3 is 14.6 Å². The van der Waals surface area contributed by atoms with Crippen molar-refractivity contribution in [2.45, 2.75) is 37.1 Å². The number of aryl methyl sites for hydroxylation is 1. The maximum Gasteiger partial charge on any atom is 0.227 e. The standard InChI is InChI=1S/C16H21N3O2S/c1-11-18-16(21-19-11)7-8-17-14-4-3-9-22-15-6-5-12(20-2)10-13(14)15/h5-6,10,14,17H,3-4,7-9H2,1-2H3. The Labute approximate surface area is 134 Å². The molecule has 118 valence electrons. The Kier molecular flexibility index (Phi) is 5.00. The van der Waals surface area contributed by atoms with E-state index in [1.165, 1.54) is 22.6 Å². The normalized spacial score (nSPS) is 17.8. The van der Waals surface area contributed by atoms with Gasteiger partial charge in [-0.15, -0.1) is 11.8 Å². The number of hydrogen-bond donors (Lipinski definition) is 1. The quantitative estimate of drug-likeness (QED) is 0.913. The lowest BCUT2D eigenvalue weighted by Crippen LogP contribution is -2.24. The van der Waals surface area contributed by atoms with Crippen LogP contribution in [0.5, 0.6) is 5.75 Å². The van der Waals surface area contributed by atoms with Crippen molar-refractivity contribution in [1.82, 2.24) is 15.5 Å². The number of nitrogens with zero attached hydrogens (tertiary/aromatic N) is 2. The van der Waals surface area contributed by atoms with Crippen LogP contribution in [-0.2, 0) is 6.42 Å². The lowest BCUT2D eigenvalue weighted by Gasteiger charge is -2.19. The molecule has 1 aliphatic heterocycles. The zero-order chi connectivity index (χ0) is 15.4. The van der Waals surface area contributed by atoms with Crippen LogP contribution in [0.25, 0.3) is 0 Å². The summed E-state index contributed by atoms with van der Waals surface area (Å²) >= 11 is 1.93. The minimum atomic E-state index is 0.351. The van der Waals surface area contributed by atoms with E-state index < -0.39 is 0 Å². The van der Waals surface area contributed by atoms with Gasteiger partial charge in [0.2, 0.25) is 5.89 Å². The highest BCUT2D eigenvalue weighted by atomic mass is 32.2. The fraction of sp³-hybridized carbons (Fsp3) is 0.500. The highest BCUT2D eigenvalue weighted by Crippen LogP contribution is 2.36.